The van der Waals surface area contributed by atoms with Gasteiger partial charge in [-0.3, -0.25) is 4.79 Å². The van der Waals surface area contributed by atoms with Crippen LogP contribution in [0.1, 0.15) is 37.7 Å². The zero-order valence-electron chi connectivity index (χ0n) is 10.7. The Morgan fingerprint density at radius 1 is 1.22 bits per heavy atom. The molecule has 2 rings (SSSR count). The van der Waals surface area contributed by atoms with Gasteiger partial charge in [-0.15, -0.1) is 0 Å². The Kier molecular flexibility index (Phi) is 4.37. The second kappa shape index (κ2) is 6.01. The summed E-state index contributed by atoms with van der Waals surface area (Å²) in [5.41, 5.74) is 0.792. The molecular weight excluding hydrogens is 226 g/mol. The first-order valence-corrected chi connectivity index (χ1v) is 6.74. The van der Waals surface area contributed by atoms with Gasteiger partial charge in [-0.05, 0) is 24.8 Å². The third-order valence-electron chi connectivity index (χ3n) is 3.84. The first-order valence-electron chi connectivity index (χ1n) is 6.74. The highest BCUT2D eigenvalue weighted by Crippen LogP contribution is 2.41. The monoisotopic (exact) mass is 247 g/mol. The smallest absolute Gasteiger partial charge is 0.230 e. The highest BCUT2D eigenvalue weighted by atomic mass is 16.3. The van der Waals surface area contributed by atoms with Gasteiger partial charge in [-0.2, -0.15) is 0 Å². The van der Waals surface area contributed by atoms with Crippen LogP contribution in [0.15, 0.2) is 30.3 Å². The van der Waals surface area contributed by atoms with Gasteiger partial charge < -0.3 is 10.4 Å². The Morgan fingerprint density at radius 2 is 1.89 bits per heavy atom. The van der Waals surface area contributed by atoms with E-state index < -0.39 is 0 Å². The molecule has 1 aliphatic carbocycles. The molecule has 98 valence electrons. The molecule has 1 amide bonds. The lowest BCUT2D eigenvalue weighted by Crippen LogP contribution is -2.43. The van der Waals surface area contributed by atoms with Crippen LogP contribution < -0.4 is 5.32 Å². The van der Waals surface area contributed by atoms with Gasteiger partial charge >= 0.3 is 0 Å². The van der Waals surface area contributed by atoms with E-state index in [4.69, 9.17) is 5.11 Å². The minimum absolute atomic E-state index is 0.124. The fourth-order valence-corrected chi connectivity index (χ4v) is 2.83. The molecule has 0 radical (unpaired) electrons. The van der Waals surface area contributed by atoms with Gasteiger partial charge in [0.25, 0.3) is 0 Å². The standard InChI is InChI=1S/C15H21NO2/c17-12-6-11-16-14(18)15(9-4-5-10-15)13-7-2-1-3-8-13/h1-3,7-8,17H,4-6,9-12H2,(H,16,18). The molecule has 1 aliphatic rings. The van der Waals surface area contributed by atoms with E-state index in [9.17, 15) is 4.79 Å². The maximum Gasteiger partial charge on any atom is 0.230 e. The molecule has 0 aliphatic heterocycles. The van der Waals surface area contributed by atoms with Crippen molar-refractivity contribution in [3.63, 3.8) is 0 Å². The number of nitrogens with one attached hydrogen (secondary N) is 1. The van der Waals surface area contributed by atoms with Crippen LogP contribution in [0.5, 0.6) is 0 Å². The molecule has 1 aromatic carbocycles. The molecule has 18 heavy (non-hydrogen) atoms. The van der Waals surface area contributed by atoms with Crippen molar-refractivity contribution in [2.75, 3.05) is 13.2 Å². The first kappa shape index (κ1) is 13.1. The summed E-state index contributed by atoms with van der Waals surface area (Å²) in [7, 11) is 0. The molecule has 1 saturated carbocycles. The molecule has 0 aromatic heterocycles. The SMILES string of the molecule is O=C(NCCCO)C1(c2ccccc2)CCCC1. The lowest BCUT2D eigenvalue weighted by molar-refractivity contribution is -0.126. The van der Waals surface area contributed by atoms with Crippen molar-refractivity contribution < 1.29 is 9.90 Å². The largest absolute Gasteiger partial charge is 0.396 e. The Hall–Kier alpha value is -1.35. The predicted octanol–water partition coefficient (Wildman–Crippen LogP) is 2.00. The number of hydrogen-bond acceptors (Lipinski definition) is 2. The van der Waals surface area contributed by atoms with Crippen LogP contribution in [0.3, 0.4) is 0 Å². The fourth-order valence-electron chi connectivity index (χ4n) is 2.83. The van der Waals surface area contributed by atoms with Crippen molar-refractivity contribution in [3.8, 4) is 0 Å². The highest BCUT2D eigenvalue weighted by Gasteiger charge is 2.42. The maximum absolute atomic E-state index is 12.4. The summed E-state index contributed by atoms with van der Waals surface area (Å²) in [6.07, 6.45) is 4.71. The van der Waals surface area contributed by atoms with Crippen LogP contribution >= 0.6 is 0 Å². The molecule has 0 saturated heterocycles. The Balaban J connectivity index is 2.14. The topological polar surface area (TPSA) is 49.3 Å². The van der Waals surface area contributed by atoms with E-state index in [0.717, 1.165) is 31.2 Å². The van der Waals surface area contributed by atoms with Gasteiger partial charge in [0.05, 0.1) is 5.41 Å². The zero-order valence-corrected chi connectivity index (χ0v) is 10.7. The van der Waals surface area contributed by atoms with Gasteiger partial charge in [0.1, 0.15) is 0 Å². The van der Waals surface area contributed by atoms with E-state index in [1.807, 2.05) is 18.2 Å². The summed E-state index contributed by atoms with van der Waals surface area (Å²) in [5.74, 6) is 0.125. The van der Waals surface area contributed by atoms with Crippen LogP contribution in [0.4, 0.5) is 0 Å². The fraction of sp³-hybridized carbons (Fsp3) is 0.533. The summed E-state index contributed by atoms with van der Waals surface area (Å²) in [5, 5.41) is 11.7. The zero-order chi connectivity index (χ0) is 12.8. The number of benzene rings is 1. The minimum Gasteiger partial charge on any atom is -0.396 e. The van der Waals surface area contributed by atoms with E-state index in [-0.39, 0.29) is 17.9 Å². The Labute approximate surface area is 108 Å². The summed E-state index contributed by atoms with van der Waals surface area (Å²) in [6.45, 7) is 0.683. The first-order chi connectivity index (χ1) is 8.79. The lowest BCUT2D eigenvalue weighted by atomic mass is 9.78. The van der Waals surface area contributed by atoms with Crippen LogP contribution in [0, 0.1) is 0 Å². The Bertz CT molecular complexity index is 383. The second-order valence-corrected chi connectivity index (χ2v) is 4.99. The number of amides is 1. The quantitative estimate of drug-likeness (QED) is 0.782. The molecule has 1 aromatic rings. The third kappa shape index (κ3) is 2.56. The predicted molar refractivity (Wildman–Crippen MR) is 71.3 cm³/mol. The molecule has 0 unspecified atom stereocenters. The molecule has 0 heterocycles. The summed E-state index contributed by atoms with van der Waals surface area (Å²) >= 11 is 0. The summed E-state index contributed by atoms with van der Waals surface area (Å²) in [6, 6.07) is 10.1. The average Bonchev–Trinajstić information content (AvgIpc) is 2.90. The third-order valence-corrected chi connectivity index (χ3v) is 3.84. The van der Waals surface area contributed by atoms with Gasteiger partial charge in [0.15, 0.2) is 0 Å². The number of hydrogen-bond donors (Lipinski definition) is 2. The van der Waals surface area contributed by atoms with Crippen molar-refractivity contribution in [1.29, 1.82) is 0 Å². The van der Waals surface area contributed by atoms with Gasteiger partial charge in [0.2, 0.25) is 5.91 Å². The van der Waals surface area contributed by atoms with E-state index in [0.29, 0.717) is 13.0 Å². The molecule has 2 N–H and O–H groups in total. The van der Waals surface area contributed by atoms with Crippen molar-refractivity contribution in [3.05, 3.63) is 35.9 Å². The van der Waals surface area contributed by atoms with E-state index in [1.165, 1.54) is 0 Å². The van der Waals surface area contributed by atoms with Crippen molar-refractivity contribution in [1.82, 2.24) is 5.32 Å². The summed E-state index contributed by atoms with van der Waals surface area (Å²) < 4.78 is 0. The maximum atomic E-state index is 12.4. The number of aliphatic hydroxyl groups is 1. The summed E-state index contributed by atoms with van der Waals surface area (Å²) in [4.78, 5) is 12.4. The number of carbonyl (C=O) groups excluding carboxylic acids is 1. The highest BCUT2D eigenvalue weighted by molar-refractivity contribution is 5.88. The van der Waals surface area contributed by atoms with Gasteiger partial charge in [-0.25, -0.2) is 0 Å². The van der Waals surface area contributed by atoms with Gasteiger partial charge in [0, 0.05) is 13.2 Å². The van der Waals surface area contributed by atoms with E-state index in [2.05, 4.69) is 17.4 Å². The average molecular weight is 247 g/mol. The molecule has 3 nitrogen and oxygen atoms in total. The number of carbonyl (C=O) groups is 1. The van der Waals surface area contributed by atoms with Gasteiger partial charge in [-0.1, -0.05) is 43.2 Å². The molecule has 3 heteroatoms. The van der Waals surface area contributed by atoms with Crippen LogP contribution in [0.25, 0.3) is 0 Å². The van der Waals surface area contributed by atoms with Crippen molar-refractivity contribution >= 4 is 5.91 Å². The van der Waals surface area contributed by atoms with Crippen LogP contribution in [0.2, 0.25) is 0 Å². The minimum atomic E-state index is -0.337. The second-order valence-electron chi connectivity index (χ2n) is 4.99. The van der Waals surface area contributed by atoms with E-state index >= 15 is 0 Å². The van der Waals surface area contributed by atoms with Crippen molar-refractivity contribution in [2.45, 2.75) is 37.5 Å². The number of rotatable bonds is 5. The molecule has 0 atom stereocenters. The van der Waals surface area contributed by atoms with Crippen molar-refractivity contribution in [2.24, 2.45) is 0 Å². The molecule has 0 bridgehead atoms. The number of aliphatic hydroxyl groups excluding tert-OH is 1. The Morgan fingerprint density at radius 3 is 2.50 bits per heavy atom. The normalized spacial score (nSPS) is 17.6. The lowest BCUT2D eigenvalue weighted by Gasteiger charge is -2.28. The molecule has 0 spiro atoms. The van der Waals surface area contributed by atoms with E-state index in [1.54, 1.807) is 0 Å². The molecule has 1 fully saturated rings. The van der Waals surface area contributed by atoms with Crippen LogP contribution in [-0.4, -0.2) is 24.2 Å². The molecular formula is C15H21NO2. The van der Waals surface area contributed by atoms with Crippen LogP contribution in [-0.2, 0) is 10.2 Å².